The van der Waals surface area contributed by atoms with E-state index in [-0.39, 0.29) is 6.54 Å². The van der Waals surface area contributed by atoms with Gasteiger partial charge in [0.05, 0.1) is 24.8 Å². The molecule has 0 N–H and O–H groups in total. The third-order valence-corrected chi connectivity index (χ3v) is 6.28. The first-order valence-corrected chi connectivity index (χ1v) is 8.45. The van der Waals surface area contributed by atoms with Gasteiger partial charge in [-0.05, 0) is 31.9 Å². The largest absolute Gasteiger partial charge is 0.469 e. The molecule has 1 aromatic heterocycles. The lowest BCUT2D eigenvalue weighted by atomic mass is 10.1. The fourth-order valence-electron chi connectivity index (χ4n) is 2.81. The first-order valence-electron chi connectivity index (χ1n) is 6.94. The molecular formula is C14H21NO5S. The van der Waals surface area contributed by atoms with Crippen LogP contribution in [0.15, 0.2) is 16.5 Å². The summed E-state index contributed by atoms with van der Waals surface area (Å²) in [6.07, 6.45) is 1.77. The van der Waals surface area contributed by atoms with Gasteiger partial charge in [-0.1, -0.05) is 6.42 Å². The van der Waals surface area contributed by atoms with Gasteiger partial charge in [0, 0.05) is 7.05 Å². The van der Waals surface area contributed by atoms with Crippen molar-refractivity contribution in [2.75, 3.05) is 14.2 Å². The van der Waals surface area contributed by atoms with E-state index in [9.17, 15) is 13.2 Å². The molecule has 1 heterocycles. The molecule has 1 saturated carbocycles. The Bertz CT molecular complexity index is 607. The summed E-state index contributed by atoms with van der Waals surface area (Å²) in [5, 5.41) is -0.703. The van der Waals surface area contributed by atoms with Crippen molar-refractivity contribution in [1.82, 2.24) is 4.31 Å². The normalized spacial score (nSPS) is 22.7. The van der Waals surface area contributed by atoms with E-state index in [1.807, 2.05) is 6.92 Å². The molecule has 1 aromatic rings. The molecule has 0 aliphatic heterocycles. The first-order chi connectivity index (χ1) is 9.86. The summed E-state index contributed by atoms with van der Waals surface area (Å²) in [4.78, 5) is 11.7. The topological polar surface area (TPSA) is 76.8 Å². The van der Waals surface area contributed by atoms with Crippen molar-refractivity contribution in [3.05, 3.63) is 23.7 Å². The smallest absolute Gasteiger partial charge is 0.310 e. The van der Waals surface area contributed by atoms with Gasteiger partial charge in [-0.3, -0.25) is 4.79 Å². The summed E-state index contributed by atoms with van der Waals surface area (Å²) >= 11 is 0. The maximum Gasteiger partial charge on any atom is 0.310 e. The Morgan fingerprint density at radius 1 is 1.43 bits per heavy atom. The van der Waals surface area contributed by atoms with Gasteiger partial charge in [0.1, 0.15) is 11.5 Å². The van der Waals surface area contributed by atoms with Crippen LogP contribution in [0.25, 0.3) is 0 Å². The van der Waals surface area contributed by atoms with Crippen LogP contribution in [-0.2, 0) is 26.1 Å². The Hall–Kier alpha value is -1.34. The van der Waals surface area contributed by atoms with Crippen LogP contribution in [0, 0.1) is 12.8 Å². The summed E-state index contributed by atoms with van der Waals surface area (Å²) in [6, 6.07) is 3.55. The van der Waals surface area contributed by atoms with Crippen LogP contribution >= 0.6 is 0 Å². The summed E-state index contributed by atoms with van der Waals surface area (Å²) in [6.45, 7) is 1.98. The number of aryl methyl sites for hydroxylation is 1. The molecule has 0 spiro atoms. The quantitative estimate of drug-likeness (QED) is 0.773. The Morgan fingerprint density at radius 3 is 2.71 bits per heavy atom. The Labute approximate surface area is 125 Å². The molecule has 1 aliphatic carbocycles. The number of carbonyl (C=O) groups is 1. The molecule has 1 fully saturated rings. The van der Waals surface area contributed by atoms with E-state index in [1.165, 1.54) is 18.5 Å². The molecule has 118 valence electrons. The number of sulfonamides is 1. The molecule has 6 nitrogen and oxygen atoms in total. The standard InChI is InChI=1S/C14H21NO5S/c1-10-7-8-11(20-10)9-15(2)21(17,18)13-6-4-5-12(13)14(16)19-3/h7-8,12-13H,4-6,9H2,1-3H3. The lowest BCUT2D eigenvalue weighted by Crippen LogP contribution is -2.40. The highest BCUT2D eigenvalue weighted by Gasteiger charge is 2.44. The summed E-state index contributed by atoms with van der Waals surface area (Å²) in [7, 11) is -0.754. The fourth-order valence-corrected chi connectivity index (χ4v) is 4.71. The summed E-state index contributed by atoms with van der Waals surface area (Å²) in [5.41, 5.74) is 0. The van der Waals surface area contributed by atoms with Crippen molar-refractivity contribution in [3.63, 3.8) is 0 Å². The van der Waals surface area contributed by atoms with Crippen molar-refractivity contribution in [2.24, 2.45) is 5.92 Å². The van der Waals surface area contributed by atoms with Crippen molar-refractivity contribution < 1.29 is 22.4 Å². The van der Waals surface area contributed by atoms with E-state index >= 15 is 0 Å². The van der Waals surface area contributed by atoms with Crippen LogP contribution < -0.4 is 0 Å². The fraction of sp³-hybridized carbons (Fsp3) is 0.643. The number of rotatable bonds is 5. The third-order valence-electron chi connectivity index (χ3n) is 3.95. The average Bonchev–Trinajstić information content (AvgIpc) is 3.07. The third kappa shape index (κ3) is 3.29. The monoisotopic (exact) mass is 315 g/mol. The number of ether oxygens (including phenoxy) is 1. The van der Waals surface area contributed by atoms with Gasteiger partial charge in [-0.25, -0.2) is 8.42 Å². The summed E-state index contributed by atoms with van der Waals surface area (Å²) in [5.74, 6) is 0.319. The van der Waals surface area contributed by atoms with Crippen LogP contribution in [0.5, 0.6) is 0 Å². The molecular weight excluding hydrogens is 294 g/mol. The zero-order chi connectivity index (χ0) is 15.6. The molecule has 2 rings (SSSR count). The number of hydrogen-bond acceptors (Lipinski definition) is 5. The number of furan rings is 1. The zero-order valence-corrected chi connectivity index (χ0v) is 13.4. The minimum absolute atomic E-state index is 0.167. The van der Waals surface area contributed by atoms with Crippen LogP contribution in [0.4, 0.5) is 0 Å². The molecule has 0 saturated heterocycles. The van der Waals surface area contributed by atoms with Gasteiger partial charge in [0.25, 0.3) is 0 Å². The highest BCUT2D eigenvalue weighted by molar-refractivity contribution is 7.89. The van der Waals surface area contributed by atoms with Crippen molar-refractivity contribution in [3.8, 4) is 0 Å². The maximum atomic E-state index is 12.7. The minimum atomic E-state index is -3.56. The SMILES string of the molecule is COC(=O)C1CCCC1S(=O)(=O)N(C)Cc1ccc(C)o1. The molecule has 21 heavy (non-hydrogen) atoms. The molecule has 0 aromatic carbocycles. The van der Waals surface area contributed by atoms with Crippen LogP contribution in [-0.4, -0.2) is 38.1 Å². The molecule has 0 radical (unpaired) electrons. The van der Waals surface area contributed by atoms with E-state index in [4.69, 9.17) is 9.15 Å². The Balaban J connectivity index is 2.14. The predicted molar refractivity (Wildman–Crippen MR) is 77.0 cm³/mol. The van der Waals surface area contributed by atoms with Crippen molar-refractivity contribution in [2.45, 2.75) is 38.0 Å². The molecule has 7 heteroatoms. The number of methoxy groups -OCH3 is 1. The van der Waals surface area contributed by atoms with E-state index in [0.717, 1.165) is 12.2 Å². The number of esters is 1. The van der Waals surface area contributed by atoms with E-state index in [0.29, 0.717) is 18.6 Å². The van der Waals surface area contributed by atoms with Gasteiger partial charge >= 0.3 is 5.97 Å². The molecule has 0 bridgehead atoms. The van der Waals surface area contributed by atoms with Gasteiger partial charge in [0.15, 0.2) is 0 Å². The molecule has 1 aliphatic rings. The van der Waals surface area contributed by atoms with Gasteiger partial charge < -0.3 is 9.15 Å². The minimum Gasteiger partial charge on any atom is -0.469 e. The number of hydrogen-bond donors (Lipinski definition) is 0. The predicted octanol–water partition coefficient (Wildman–Crippen LogP) is 1.69. The Morgan fingerprint density at radius 2 is 2.14 bits per heavy atom. The highest BCUT2D eigenvalue weighted by Crippen LogP contribution is 2.33. The number of carbonyl (C=O) groups excluding carboxylic acids is 1. The lowest BCUT2D eigenvalue weighted by molar-refractivity contribution is -0.145. The zero-order valence-electron chi connectivity index (χ0n) is 12.5. The van der Waals surface area contributed by atoms with E-state index in [2.05, 4.69) is 0 Å². The van der Waals surface area contributed by atoms with Crippen molar-refractivity contribution >= 4 is 16.0 Å². The van der Waals surface area contributed by atoms with Gasteiger partial charge in [0.2, 0.25) is 10.0 Å². The second-order valence-corrected chi connectivity index (χ2v) is 7.67. The second kappa shape index (κ2) is 6.19. The van der Waals surface area contributed by atoms with Gasteiger partial charge in [-0.15, -0.1) is 0 Å². The van der Waals surface area contributed by atoms with Crippen LogP contribution in [0.1, 0.15) is 30.8 Å². The molecule has 2 unspecified atom stereocenters. The maximum absolute atomic E-state index is 12.7. The average molecular weight is 315 g/mol. The lowest BCUT2D eigenvalue weighted by Gasteiger charge is -2.24. The van der Waals surface area contributed by atoms with Crippen LogP contribution in [0.2, 0.25) is 0 Å². The Kier molecular flexibility index (Phi) is 4.73. The molecule has 2 atom stereocenters. The highest BCUT2D eigenvalue weighted by atomic mass is 32.2. The van der Waals surface area contributed by atoms with Crippen LogP contribution in [0.3, 0.4) is 0 Å². The van der Waals surface area contributed by atoms with E-state index in [1.54, 1.807) is 12.1 Å². The second-order valence-electron chi connectivity index (χ2n) is 5.41. The first kappa shape index (κ1) is 16.0. The van der Waals surface area contributed by atoms with E-state index < -0.39 is 27.2 Å². The van der Waals surface area contributed by atoms with Crippen molar-refractivity contribution in [1.29, 1.82) is 0 Å². The molecule has 0 amide bonds. The summed E-state index contributed by atoms with van der Waals surface area (Å²) < 4.78 is 36.7. The van der Waals surface area contributed by atoms with Gasteiger partial charge in [-0.2, -0.15) is 4.31 Å². The number of nitrogens with zero attached hydrogens (tertiary/aromatic N) is 1.